The third-order valence-electron chi connectivity index (χ3n) is 3.15. The van der Waals surface area contributed by atoms with Gasteiger partial charge in [0, 0.05) is 11.3 Å². The van der Waals surface area contributed by atoms with Gasteiger partial charge < -0.3 is 0 Å². The normalized spacial score (nSPS) is 47.0. The van der Waals surface area contributed by atoms with Gasteiger partial charge in [-0.2, -0.15) is 0 Å². The lowest BCUT2D eigenvalue weighted by Gasteiger charge is -2.30. The third kappa shape index (κ3) is 1.56. The summed E-state index contributed by atoms with van der Waals surface area (Å²) in [6, 6.07) is 0. The Morgan fingerprint density at radius 3 is 2.00 bits per heavy atom. The molecule has 0 spiro atoms. The van der Waals surface area contributed by atoms with Crippen LogP contribution in [-0.4, -0.2) is 9.17 Å². The quantitative estimate of drug-likeness (QED) is 0.568. The summed E-state index contributed by atoms with van der Waals surface area (Å²) >= 11 is 23.7. The van der Waals surface area contributed by atoms with Crippen molar-refractivity contribution in [1.82, 2.24) is 0 Å². The Morgan fingerprint density at radius 2 is 1.67 bits per heavy atom. The summed E-state index contributed by atoms with van der Waals surface area (Å²) in [4.78, 5) is 0. The monoisotopic (exact) mass is 246 g/mol. The van der Waals surface area contributed by atoms with Gasteiger partial charge in [-0.15, -0.1) is 11.6 Å². The maximum atomic E-state index is 6.13. The maximum absolute atomic E-state index is 6.13. The zero-order chi connectivity index (χ0) is 8.93. The Bertz CT molecular complexity index is 186. The van der Waals surface area contributed by atoms with E-state index in [0.29, 0.717) is 11.8 Å². The van der Waals surface area contributed by atoms with Crippen molar-refractivity contribution in [1.29, 1.82) is 0 Å². The average Bonchev–Trinajstić information content (AvgIpc) is 2.41. The fourth-order valence-electron chi connectivity index (χ4n) is 2.64. The highest BCUT2D eigenvalue weighted by molar-refractivity contribution is 6.67. The lowest BCUT2D eigenvalue weighted by Crippen LogP contribution is -2.30. The lowest BCUT2D eigenvalue weighted by atomic mass is 9.89. The molecular weight excluding hydrogens is 238 g/mol. The number of halogens is 4. The standard InChI is InChI=1S/C8H10Cl4/c9-7-3-4-1-5(7)6(2-4)8(10,11)12/h4-7H,1-3H2/t4?,5?,6-,7-/m0/s1. The van der Waals surface area contributed by atoms with E-state index in [2.05, 4.69) is 0 Å². The first kappa shape index (κ1) is 9.71. The van der Waals surface area contributed by atoms with E-state index in [4.69, 9.17) is 46.4 Å². The first-order chi connectivity index (χ1) is 5.48. The molecule has 0 radical (unpaired) electrons. The molecule has 2 unspecified atom stereocenters. The van der Waals surface area contributed by atoms with Crippen LogP contribution in [0.15, 0.2) is 0 Å². The Hall–Kier alpha value is 1.16. The Morgan fingerprint density at radius 1 is 1.00 bits per heavy atom. The van der Waals surface area contributed by atoms with Crippen molar-refractivity contribution < 1.29 is 0 Å². The lowest BCUT2D eigenvalue weighted by molar-refractivity contribution is 0.343. The van der Waals surface area contributed by atoms with Crippen LogP contribution in [0.25, 0.3) is 0 Å². The summed E-state index contributed by atoms with van der Waals surface area (Å²) in [5, 5.41) is 0.240. The SMILES string of the molecule is Cl[C@H]1CC2CC1[C@@H](C(Cl)(Cl)Cl)C2. The second-order valence-corrected chi connectivity index (χ2v) is 6.83. The van der Waals surface area contributed by atoms with Gasteiger partial charge in [-0.25, -0.2) is 0 Å². The molecule has 4 heteroatoms. The highest BCUT2D eigenvalue weighted by Gasteiger charge is 2.52. The van der Waals surface area contributed by atoms with Crippen LogP contribution in [0.4, 0.5) is 0 Å². The van der Waals surface area contributed by atoms with Crippen molar-refractivity contribution in [3.8, 4) is 0 Å². The van der Waals surface area contributed by atoms with Gasteiger partial charge in [-0.05, 0) is 31.1 Å². The van der Waals surface area contributed by atoms with E-state index >= 15 is 0 Å². The van der Waals surface area contributed by atoms with Crippen LogP contribution < -0.4 is 0 Å². The van der Waals surface area contributed by atoms with Crippen LogP contribution in [0.5, 0.6) is 0 Å². The van der Waals surface area contributed by atoms with Gasteiger partial charge in [0.1, 0.15) is 0 Å². The Balaban J connectivity index is 2.12. The molecule has 0 saturated heterocycles. The number of hydrogen-bond acceptors (Lipinski definition) is 0. The first-order valence-corrected chi connectivity index (χ1v) is 5.76. The van der Waals surface area contributed by atoms with E-state index < -0.39 is 3.79 Å². The van der Waals surface area contributed by atoms with Crippen LogP contribution in [0.1, 0.15) is 19.3 Å². The fraction of sp³-hybridized carbons (Fsp3) is 1.00. The summed E-state index contributed by atoms with van der Waals surface area (Å²) in [7, 11) is 0. The molecule has 2 bridgehead atoms. The topological polar surface area (TPSA) is 0 Å². The Kier molecular flexibility index (Phi) is 2.49. The minimum Gasteiger partial charge on any atom is -0.123 e. The molecule has 0 aliphatic heterocycles. The average molecular weight is 248 g/mol. The summed E-state index contributed by atoms with van der Waals surface area (Å²) in [5.74, 6) is 1.33. The van der Waals surface area contributed by atoms with Gasteiger partial charge in [0.15, 0.2) is 3.79 Å². The molecule has 0 aromatic heterocycles. The van der Waals surface area contributed by atoms with E-state index in [1.807, 2.05) is 0 Å². The van der Waals surface area contributed by atoms with Crippen molar-refractivity contribution in [2.45, 2.75) is 28.4 Å². The minimum absolute atomic E-state index is 0.184. The van der Waals surface area contributed by atoms with E-state index in [0.717, 1.165) is 19.3 Å². The Labute approximate surface area is 92.5 Å². The van der Waals surface area contributed by atoms with Crippen LogP contribution >= 0.6 is 46.4 Å². The fourth-order valence-corrected chi connectivity index (χ4v) is 3.92. The van der Waals surface area contributed by atoms with Crippen molar-refractivity contribution in [2.24, 2.45) is 17.8 Å². The third-order valence-corrected chi connectivity index (χ3v) is 4.50. The summed E-state index contributed by atoms with van der Waals surface area (Å²) in [5.41, 5.74) is 0. The van der Waals surface area contributed by atoms with Crippen LogP contribution in [0.3, 0.4) is 0 Å². The van der Waals surface area contributed by atoms with Gasteiger partial charge in [0.25, 0.3) is 0 Å². The largest absolute Gasteiger partial charge is 0.193 e. The zero-order valence-electron chi connectivity index (χ0n) is 6.44. The molecule has 0 N–H and O–H groups in total. The van der Waals surface area contributed by atoms with Crippen LogP contribution in [-0.2, 0) is 0 Å². The summed E-state index contributed by atoms with van der Waals surface area (Å²) < 4.78 is -1.10. The molecule has 0 amide bonds. The molecule has 0 aromatic carbocycles. The van der Waals surface area contributed by atoms with E-state index in [9.17, 15) is 0 Å². The second-order valence-electron chi connectivity index (χ2n) is 3.90. The molecular formula is C8H10Cl4. The van der Waals surface area contributed by atoms with E-state index in [-0.39, 0.29) is 11.3 Å². The zero-order valence-corrected chi connectivity index (χ0v) is 9.47. The van der Waals surface area contributed by atoms with E-state index in [1.54, 1.807) is 0 Å². The molecule has 4 atom stereocenters. The minimum atomic E-state index is -1.10. The molecule has 0 heterocycles. The molecule has 2 fully saturated rings. The molecule has 2 rings (SSSR count). The van der Waals surface area contributed by atoms with Gasteiger partial charge in [-0.3, -0.25) is 0 Å². The molecule has 0 aromatic rings. The highest BCUT2D eigenvalue weighted by atomic mass is 35.6. The maximum Gasteiger partial charge on any atom is 0.193 e. The van der Waals surface area contributed by atoms with Gasteiger partial charge in [0.2, 0.25) is 0 Å². The van der Waals surface area contributed by atoms with Crippen LogP contribution in [0, 0.1) is 17.8 Å². The predicted molar refractivity (Wildman–Crippen MR) is 54.3 cm³/mol. The molecule has 2 aliphatic rings. The predicted octanol–water partition coefficient (Wildman–Crippen LogP) is 4.01. The van der Waals surface area contributed by atoms with Crippen molar-refractivity contribution in [2.75, 3.05) is 0 Å². The van der Waals surface area contributed by atoms with Gasteiger partial charge in [-0.1, -0.05) is 34.8 Å². The van der Waals surface area contributed by atoms with Crippen molar-refractivity contribution in [3.05, 3.63) is 0 Å². The van der Waals surface area contributed by atoms with Gasteiger partial charge in [0.05, 0.1) is 0 Å². The number of hydrogen-bond donors (Lipinski definition) is 0. The highest BCUT2D eigenvalue weighted by Crippen LogP contribution is 2.57. The smallest absolute Gasteiger partial charge is 0.123 e. The summed E-state index contributed by atoms with van der Waals surface area (Å²) in [6.07, 6.45) is 3.32. The second kappa shape index (κ2) is 3.08. The molecule has 2 aliphatic carbocycles. The molecule has 70 valence electrons. The van der Waals surface area contributed by atoms with Crippen LogP contribution in [0.2, 0.25) is 0 Å². The molecule has 12 heavy (non-hydrogen) atoms. The number of fused-ring (bicyclic) bond motifs is 2. The van der Waals surface area contributed by atoms with E-state index in [1.165, 1.54) is 0 Å². The molecule has 2 saturated carbocycles. The van der Waals surface area contributed by atoms with Crippen molar-refractivity contribution >= 4 is 46.4 Å². The van der Waals surface area contributed by atoms with Gasteiger partial charge >= 0.3 is 0 Å². The molecule has 0 nitrogen and oxygen atoms in total. The van der Waals surface area contributed by atoms with Crippen molar-refractivity contribution in [3.63, 3.8) is 0 Å². The number of alkyl halides is 4. The first-order valence-electron chi connectivity index (χ1n) is 4.19. The number of rotatable bonds is 0. The summed E-state index contributed by atoms with van der Waals surface area (Å²) in [6.45, 7) is 0.